The second-order valence-electron chi connectivity index (χ2n) is 5.98. The second-order valence-corrected chi connectivity index (χ2v) is 7.05. The molecule has 0 spiro atoms. The summed E-state index contributed by atoms with van der Waals surface area (Å²) in [5.41, 5.74) is 3.18. The lowest BCUT2D eigenvalue weighted by atomic mass is 10.1. The Morgan fingerprint density at radius 2 is 1.93 bits per heavy atom. The van der Waals surface area contributed by atoms with Gasteiger partial charge in [0.1, 0.15) is 6.07 Å². The topological polar surface area (TPSA) is 83.6 Å². The van der Waals surface area contributed by atoms with Gasteiger partial charge in [0.25, 0.3) is 0 Å². The summed E-state index contributed by atoms with van der Waals surface area (Å²) in [7, 11) is 1.92. The number of amides is 1. The smallest absolute Gasteiger partial charge is 0.225 e. The molecule has 1 heterocycles. The quantitative estimate of drug-likeness (QED) is 0.661. The number of aryl methyl sites for hydroxylation is 1. The Bertz CT molecular complexity index is 1010. The average Bonchev–Trinajstić information content (AvgIpc) is 3.03. The van der Waals surface area contributed by atoms with E-state index in [9.17, 15) is 4.79 Å². The van der Waals surface area contributed by atoms with Gasteiger partial charge in [-0.05, 0) is 24.6 Å². The Balaban J connectivity index is 1.59. The van der Waals surface area contributed by atoms with E-state index in [-0.39, 0.29) is 5.91 Å². The maximum Gasteiger partial charge on any atom is 0.225 e. The van der Waals surface area contributed by atoms with Crippen molar-refractivity contribution in [3.05, 3.63) is 59.7 Å². The van der Waals surface area contributed by atoms with Gasteiger partial charge in [0, 0.05) is 24.8 Å². The zero-order valence-corrected chi connectivity index (χ0v) is 16.0. The molecule has 0 aliphatic rings. The van der Waals surface area contributed by atoms with Crippen molar-refractivity contribution in [1.29, 1.82) is 5.26 Å². The molecule has 0 saturated carbocycles. The molecule has 0 saturated heterocycles. The van der Waals surface area contributed by atoms with Crippen LogP contribution in [0.15, 0.2) is 53.7 Å². The molecular weight excluding hydrogens is 358 g/mol. The van der Waals surface area contributed by atoms with Gasteiger partial charge < -0.3 is 9.88 Å². The maximum atomic E-state index is 12.2. The minimum Gasteiger partial charge on any atom is -0.325 e. The van der Waals surface area contributed by atoms with Gasteiger partial charge in [-0.3, -0.25) is 4.79 Å². The van der Waals surface area contributed by atoms with E-state index >= 15 is 0 Å². The van der Waals surface area contributed by atoms with Crippen molar-refractivity contribution in [2.75, 3.05) is 11.1 Å². The number of aromatic nitrogens is 3. The lowest BCUT2D eigenvalue weighted by Gasteiger charge is -2.07. The van der Waals surface area contributed by atoms with Crippen molar-refractivity contribution in [3.8, 4) is 17.5 Å². The van der Waals surface area contributed by atoms with Crippen molar-refractivity contribution in [3.63, 3.8) is 0 Å². The van der Waals surface area contributed by atoms with Crippen LogP contribution < -0.4 is 5.32 Å². The van der Waals surface area contributed by atoms with Crippen LogP contribution in [0.1, 0.15) is 17.5 Å². The van der Waals surface area contributed by atoms with Crippen molar-refractivity contribution in [2.45, 2.75) is 18.5 Å². The van der Waals surface area contributed by atoms with E-state index in [2.05, 4.69) is 21.6 Å². The van der Waals surface area contributed by atoms with E-state index in [1.54, 1.807) is 24.3 Å². The zero-order valence-electron chi connectivity index (χ0n) is 15.1. The Hall–Kier alpha value is -3.11. The highest BCUT2D eigenvalue weighted by molar-refractivity contribution is 7.99. The molecule has 0 radical (unpaired) electrons. The van der Waals surface area contributed by atoms with Gasteiger partial charge >= 0.3 is 0 Å². The fourth-order valence-electron chi connectivity index (χ4n) is 2.64. The first-order valence-electron chi connectivity index (χ1n) is 8.47. The predicted molar refractivity (Wildman–Crippen MR) is 106 cm³/mol. The monoisotopic (exact) mass is 377 g/mol. The number of anilines is 1. The summed E-state index contributed by atoms with van der Waals surface area (Å²) >= 11 is 1.48. The minimum absolute atomic E-state index is 0.133. The predicted octanol–water partition coefficient (Wildman–Crippen LogP) is 3.78. The van der Waals surface area contributed by atoms with Crippen LogP contribution in [0, 0.1) is 18.3 Å². The molecule has 3 rings (SSSR count). The summed E-state index contributed by atoms with van der Waals surface area (Å²) in [6.45, 7) is 2.04. The number of nitrogens with one attached hydrogen (secondary N) is 1. The van der Waals surface area contributed by atoms with E-state index in [0.29, 0.717) is 23.4 Å². The maximum absolute atomic E-state index is 12.2. The molecule has 6 nitrogen and oxygen atoms in total. The van der Waals surface area contributed by atoms with Crippen LogP contribution in [0.3, 0.4) is 0 Å². The molecule has 0 aliphatic carbocycles. The highest BCUT2D eigenvalue weighted by atomic mass is 32.2. The lowest BCUT2D eigenvalue weighted by molar-refractivity contribution is -0.115. The first-order valence-corrected chi connectivity index (χ1v) is 9.46. The molecule has 0 aliphatic heterocycles. The third-order valence-electron chi connectivity index (χ3n) is 4.10. The van der Waals surface area contributed by atoms with Crippen LogP contribution in [0.25, 0.3) is 11.4 Å². The van der Waals surface area contributed by atoms with E-state index in [0.717, 1.165) is 22.1 Å². The van der Waals surface area contributed by atoms with Crippen molar-refractivity contribution < 1.29 is 4.79 Å². The number of hydrogen-bond acceptors (Lipinski definition) is 5. The molecular formula is C20H19N5OS. The van der Waals surface area contributed by atoms with Gasteiger partial charge in [0.15, 0.2) is 11.0 Å². The van der Waals surface area contributed by atoms with Gasteiger partial charge in [0.2, 0.25) is 5.91 Å². The Morgan fingerprint density at radius 3 is 2.70 bits per heavy atom. The SMILES string of the molecule is Cc1ccccc1-c1nnc(SCCC(=O)Nc2ccccc2C#N)n1C. The Morgan fingerprint density at radius 1 is 1.19 bits per heavy atom. The molecule has 1 aromatic heterocycles. The molecule has 0 atom stereocenters. The number of para-hydroxylation sites is 1. The average molecular weight is 377 g/mol. The molecule has 2 aromatic carbocycles. The molecule has 27 heavy (non-hydrogen) atoms. The van der Waals surface area contributed by atoms with Gasteiger partial charge in [-0.25, -0.2) is 0 Å². The number of nitriles is 1. The van der Waals surface area contributed by atoms with Crippen LogP contribution in [0.5, 0.6) is 0 Å². The number of carbonyl (C=O) groups is 1. The molecule has 3 aromatic rings. The first-order chi connectivity index (χ1) is 13.1. The standard InChI is InChI=1S/C20H19N5OS/c1-14-7-3-5-9-16(14)19-23-24-20(25(19)2)27-12-11-18(26)22-17-10-6-4-8-15(17)13-21/h3-10H,11-12H2,1-2H3,(H,22,26). The molecule has 0 fully saturated rings. The highest BCUT2D eigenvalue weighted by Gasteiger charge is 2.13. The molecule has 1 N–H and O–H groups in total. The van der Waals surface area contributed by atoms with Crippen LogP contribution in [-0.4, -0.2) is 26.4 Å². The zero-order chi connectivity index (χ0) is 19.2. The number of benzene rings is 2. The molecule has 0 bridgehead atoms. The normalized spacial score (nSPS) is 10.4. The van der Waals surface area contributed by atoms with Gasteiger partial charge in [-0.15, -0.1) is 10.2 Å². The number of rotatable bonds is 6. The second kappa shape index (κ2) is 8.52. The Kier molecular flexibility index (Phi) is 5.89. The van der Waals surface area contributed by atoms with Gasteiger partial charge in [-0.1, -0.05) is 48.2 Å². The molecule has 7 heteroatoms. The number of nitrogens with zero attached hydrogens (tertiary/aromatic N) is 4. The lowest BCUT2D eigenvalue weighted by Crippen LogP contribution is -2.13. The fourth-order valence-corrected chi connectivity index (χ4v) is 3.48. The third kappa shape index (κ3) is 4.36. The van der Waals surface area contributed by atoms with E-state index in [1.807, 2.05) is 42.8 Å². The first kappa shape index (κ1) is 18.7. The van der Waals surface area contributed by atoms with Crippen LogP contribution in [0.2, 0.25) is 0 Å². The summed E-state index contributed by atoms with van der Waals surface area (Å²) in [6.07, 6.45) is 0.316. The van der Waals surface area contributed by atoms with Crippen molar-refractivity contribution in [2.24, 2.45) is 7.05 Å². The number of thioether (sulfide) groups is 1. The van der Waals surface area contributed by atoms with Crippen LogP contribution in [-0.2, 0) is 11.8 Å². The molecule has 136 valence electrons. The summed E-state index contributed by atoms with van der Waals surface area (Å²) in [5.74, 6) is 1.25. The van der Waals surface area contributed by atoms with Crippen molar-refractivity contribution in [1.82, 2.24) is 14.8 Å². The van der Waals surface area contributed by atoms with E-state index in [1.165, 1.54) is 11.8 Å². The van der Waals surface area contributed by atoms with E-state index in [4.69, 9.17) is 5.26 Å². The third-order valence-corrected chi connectivity index (χ3v) is 5.12. The largest absolute Gasteiger partial charge is 0.325 e. The molecule has 1 amide bonds. The summed E-state index contributed by atoms with van der Waals surface area (Å²) < 4.78 is 1.94. The number of carbonyl (C=O) groups excluding carboxylic acids is 1. The van der Waals surface area contributed by atoms with Gasteiger partial charge in [-0.2, -0.15) is 5.26 Å². The fraction of sp³-hybridized carbons (Fsp3) is 0.200. The Labute approximate surface area is 162 Å². The number of hydrogen-bond donors (Lipinski definition) is 1. The summed E-state index contributed by atoms with van der Waals surface area (Å²) in [5, 5.41) is 21.2. The van der Waals surface area contributed by atoms with Gasteiger partial charge in [0.05, 0.1) is 11.3 Å². The van der Waals surface area contributed by atoms with Crippen molar-refractivity contribution >= 4 is 23.4 Å². The summed E-state index contributed by atoms with van der Waals surface area (Å²) in [6, 6.07) is 17.1. The van der Waals surface area contributed by atoms with E-state index < -0.39 is 0 Å². The minimum atomic E-state index is -0.133. The highest BCUT2D eigenvalue weighted by Crippen LogP contribution is 2.25. The molecule has 0 unspecified atom stereocenters. The van der Waals surface area contributed by atoms with Crippen LogP contribution in [0.4, 0.5) is 5.69 Å². The van der Waals surface area contributed by atoms with Crippen LogP contribution >= 0.6 is 11.8 Å². The summed E-state index contributed by atoms with van der Waals surface area (Å²) in [4.78, 5) is 12.2.